The second-order valence-corrected chi connectivity index (χ2v) is 7.87. The maximum atomic E-state index is 12.2. The van der Waals surface area contributed by atoms with Gasteiger partial charge in [0.05, 0.1) is 5.25 Å². The van der Waals surface area contributed by atoms with Crippen LogP contribution in [0.2, 0.25) is 0 Å². The van der Waals surface area contributed by atoms with Gasteiger partial charge in [0.25, 0.3) is 0 Å². The second kappa shape index (κ2) is 4.52. The van der Waals surface area contributed by atoms with Crippen LogP contribution in [0.5, 0.6) is 0 Å². The van der Waals surface area contributed by atoms with E-state index in [0.717, 1.165) is 38.5 Å². The van der Waals surface area contributed by atoms with Crippen molar-refractivity contribution in [1.29, 1.82) is 0 Å². The van der Waals surface area contributed by atoms with Gasteiger partial charge in [0, 0.05) is 18.1 Å². The molecule has 0 aromatic rings. The van der Waals surface area contributed by atoms with Gasteiger partial charge in [0.2, 0.25) is 10.0 Å². The van der Waals surface area contributed by atoms with Gasteiger partial charge in [0.1, 0.15) is 0 Å². The van der Waals surface area contributed by atoms with Gasteiger partial charge in [-0.3, -0.25) is 0 Å². The lowest BCUT2D eigenvalue weighted by Crippen LogP contribution is -2.49. The molecule has 0 radical (unpaired) electrons. The third kappa shape index (κ3) is 2.51. The molecular formula is C12H22N2O2S. The van der Waals surface area contributed by atoms with Gasteiger partial charge in [-0.25, -0.2) is 13.1 Å². The first-order chi connectivity index (χ1) is 8.13. The molecule has 0 aromatic heterocycles. The maximum absolute atomic E-state index is 12.2. The first-order valence-corrected chi connectivity index (χ1v) is 8.45. The minimum absolute atomic E-state index is 0.116. The van der Waals surface area contributed by atoms with Crippen molar-refractivity contribution in [3.05, 3.63) is 0 Å². The fraction of sp³-hybridized carbons (Fsp3) is 1.00. The Kier molecular flexibility index (Phi) is 3.17. The van der Waals surface area contributed by atoms with Gasteiger partial charge in [-0.15, -0.1) is 0 Å². The smallest absolute Gasteiger partial charge is 0.214 e. The number of fused-ring (bicyclic) bond motifs is 2. The fourth-order valence-electron chi connectivity index (χ4n) is 3.68. The normalized spacial score (nSPS) is 38.7. The van der Waals surface area contributed by atoms with Crippen molar-refractivity contribution in [3.8, 4) is 0 Å². The monoisotopic (exact) mass is 258 g/mol. The summed E-state index contributed by atoms with van der Waals surface area (Å²) >= 11 is 0. The Morgan fingerprint density at radius 1 is 0.941 bits per heavy atom. The van der Waals surface area contributed by atoms with E-state index in [1.165, 1.54) is 12.8 Å². The Morgan fingerprint density at radius 2 is 1.53 bits per heavy atom. The molecule has 2 unspecified atom stereocenters. The van der Waals surface area contributed by atoms with Crippen molar-refractivity contribution >= 4 is 10.0 Å². The molecule has 2 N–H and O–H groups in total. The lowest BCUT2D eigenvalue weighted by molar-refractivity contribution is 0.344. The van der Waals surface area contributed by atoms with Gasteiger partial charge < -0.3 is 5.32 Å². The lowest BCUT2D eigenvalue weighted by atomic mass is 10.0. The highest BCUT2D eigenvalue weighted by Crippen LogP contribution is 2.29. The van der Waals surface area contributed by atoms with E-state index in [1.54, 1.807) is 0 Å². The van der Waals surface area contributed by atoms with E-state index in [4.69, 9.17) is 0 Å². The van der Waals surface area contributed by atoms with Gasteiger partial charge >= 0.3 is 0 Å². The van der Waals surface area contributed by atoms with Gasteiger partial charge in [-0.1, -0.05) is 12.8 Å². The van der Waals surface area contributed by atoms with Crippen LogP contribution < -0.4 is 10.0 Å². The largest absolute Gasteiger partial charge is 0.311 e. The zero-order valence-electron chi connectivity index (χ0n) is 10.2. The summed E-state index contributed by atoms with van der Waals surface area (Å²) in [6.45, 7) is 0. The standard InChI is InChI=1S/C12H22N2O2S/c15-17(16,12-3-1-2-4-12)14-11-7-9-5-6-10(8-11)13-9/h9-14H,1-8H2. The number of piperidine rings is 1. The number of hydrogen-bond donors (Lipinski definition) is 2. The molecule has 1 saturated carbocycles. The highest BCUT2D eigenvalue weighted by Gasteiger charge is 2.37. The zero-order valence-corrected chi connectivity index (χ0v) is 11.0. The number of rotatable bonds is 3. The van der Waals surface area contributed by atoms with E-state index in [9.17, 15) is 8.42 Å². The van der Waals surface area contributed by atoms with E-state index in [2.05, 4.69) is 10.0 Å². The molecule has 2 heterocycles. The number of nitrogens with one attached hydrogen (secondary N) is 2. The summed E-state index contributed by atoms with van der Waals surface area (Å²) in [6.07, 6.45) is 8.23. The van der Waals surface area contributed by atoms with E-state index >= 15 is 0 Å². The van der Waals surface area contributed by atoms with E-state index < -0.39 is 10.0 Å². The summed E-state index contributed by atoms with van der Waals surface area (Å²) in [7, 11) is -3.06. The Bertz CT molecular complexity index is 364. The highest BCUT2D eigenvalue weighted by molar-refractivity contribution is 7.90. The predicted octanol–water partition coefficient (Wildman–Crippen LogP) is 1.13. The van der Waals surface area contributed by atoms with Crippen molar-refractivity contribution in [3.63, 3.8) is 0 Å². The molecule has 2 saturated heterocycles. The minimum atomic E-state index is -3.06. The first-order valence-electron chi connectivity index (χ1n) is 6.91. The molecule has 2 bridgehead atoms. The maximum Gasteiger partial charge on any atom is 0.214 e. The molecule has 98 valence electrons. The van der Waals surface area contributed by atoms with Crippen LogP contribution >= 0.6 is 0 Å². The van der Waals surface area contributed by atoms with Gasteiger partial charge in [-0.2, -0.15) is 0 Å². The Labute approximate surface area is 104 Å². The molecule has 5 heteroatoms. The number of sulfonamides is 1. The minimum Gasteiger partial charge on any atom is -0.311 e. The van der Waals surface area contributed by atoms with Crippen molar-refractivity contribution in [2.75, 3.05) is 0 Å². The first kappa shape index (κ1) is 11.9. The molecule has 3 rings (SSSR count). The Hall–Kier alpha value is -0.130. The van der Waals surface area contributed by atoms with Crippen molar-refractivity contribution in [2.45, 2.75) is 74.7 Å². The van der Waals surface area contributed by atoms with Gasteiger partial charge in [0.15, 0.2) is 0 Å². The molecule has 2 aliphatic heterocycles. The van der Waals surface area contributed by atoms with E-state index in [-0.39, 0.29) is 11.3 Å². The van der Waals surface area contributed by atoms with Crippen LogP contribution in [-0.4, -0.2) is 31.8 Å². The average molecular weight is 258 g/mol. The van der Waals surface area contributed by atoms with Crippen LogP contribution in [0.3, 0.4) is 0 Å². The molecule has 0 spiro atoms. The zero-order chi connectivity index (χ0) is 11.9. The van der Waals surface area contributed by atoms with E-state index in [1.807, 2.05) is 0 Å². The SMILES string of the molecule is O=S(=O)(NC1CC2CCC(C1)N2)C1CCCC1. The fourth-order valence-corrected chi connectivity index (χ4v) is 5.48. The Morgan fingerprint density at radius 3 is 2.12 bits per heavy atom. The van der Waals surface area contributed by atoms with E-state index in [0.29, 0.717) is 12.1 Å². The van der Waals surface area contributed by atoms with Crippen molar-refractivity contribution in [1.82, 2.24) is 10.0 Å². The van der Waals surface area contributed by atoms with Crippen molar-refractivity contribution < 1.29 is 8.42 Å². The molecule has 3 fully saturated rings. The second-order valence-electron chi connectivity index (χ2n) is 5.88. The summed E-state index contributed by atoms with van der Waals surface area (Å²) in [4.78, 5) is 0. The van der Waals surface area contributed by atoms with Crippen LogP contribution in [0.25, 0.3) is 0 Å². The third-order valence-corrected chi connectivity index (χ3v) is 6.56. The molecule has 0 aromatic carbocycles. The van der Waals surface area contributed by atoms with Crippen LogP contribution in [0.4, 0.5) is 0 Å². The van der Waals surface area contributed by atoms with Crippen molar-refractivity contribution in [2.24, 2.45) is 0 Å². The predicted molar refractivity (Wildman–Crippen MR) is 67.3 cm³/mol. The molecule has 0 amide bonds. The quantitative estimate of drug-likeness (QED) is 0.798. The van der Waals surface area contributed by atoms with Crippen LogP contribution in [0, 0.1) is 0 Å². The molecule has 3 aliphatic rings. The topological polar surface area (TPSA) is 58.2 Å². The Balaban J connectivity index is 1.62. The van der Waals surface area contributed by atoms with Crippen LogP contribution in [0.15, 0.2) is 0 Å². The molecule has 2 atom stereocenters. The van der Waals surface area contributed by atoms with Crippen LogP contribution in [0.1, 0.15) is 51.4 Å². The highest BCUT2D eigenvalue weighted by atomic mass is 32.2. The summed E-state index contributed by atoms with van der Waals surface area (Å²) in [5.74, 6) is 0. The third-order valence-electron chi connectivity index (χ3n) is 4.55. The molecule has 1 aliphatic carbocycles. The molecular weight excluding hydrogens is 236 g/mol. The molecule has 17 heavy (non-hydrogen) atoms. The molecule has 4 nitrogen and oxygen atoms in total. The average Bonchev–Trinajstić information content (AvgIpc) is 2.88. The summed E-state index contributed by atoms with van der Waals surface area (Å²) in [6, 6.07) is 1.27. The van der Waals surface area contributed by atoms with Crippen LogP contribution in [-0.2, 0) is 10.0 Å². The summed E-state index contributed by atoms with van der Waals surface area (Å²) < 4.78 is 27.4. The number of hydrogen-bond acceptors (Lipinski definition) is 3. The lowest BCUT2D eigenvalue weighted by Gasteiger charge is -2.30. The summed E-state index contributed by atoms with van der Waals surface area (Å²) in [5.41, 5.74) is 0. The van der Waals surface area contributed by atoms with Gasteiger partial charge in [-0.05, 0) is 38.5 Å². The summed E-state index contributed by atoms with van der Waals surface area (Å²) in [5, 5.41) is 3.43.